The number of hydrogen-bond donors (Lipinski definition) is 1. The average Bonchev–Trinajstić information content (AvgIpc) is 2.23. The predicted molar refractivity (Wildman–Crippen MR) is 65.0 cm³/mol. The Bertz CT molecular complexity index is 126. The second-order valence-electron chi connectivity index (χ2n) is 4.40. The van der Waals surface area contributed by atoms with Gasteiger partial charge < -0.3 is 9.84 Å². The lowest BCUT2D eigenvalue weighted by molar-refractivity contribution is 0.0153. The molecule has 0 aromatic carbocycles. The summed E-state index contributed by atoms with van der Waals surface area (Å²) in [7, 11) is 0. The van der Waals surface area contributed by atoms with Crippen LogP contribution in [-0.2, 0) is 4.74 Å². The molecule has 2 unspecified atom stereocenters. The van der Waals surface area contributed by atoms with Crippen molar-refractivity contribution < 1.29 is 9.84 Å². The van der Waals surface area contributed by atoms with Crippen LogP contribution in [0.5, 0.6) is 0 Å². The molecule has 1 N–H and O–H groups in total. The fourth-order valence-electron chi connectivity index (χ4n) is 1.69. The monoisotopic (exact) mass is 216 g/mol. The SMILES string of the molecule is CCCCC(CC)COCC(O)CCC. The summed E-state index contributed by atoms with van der Waals surface area (Å²) in [6.45, 7) is 7.85. The minimum absolute atomic E-state index is 0.265. The molecule has 0 aromatic heterocycles. The molecular formula is C13H28O2. The van der Waals surface area contributed by atoms with Crippen molar-refractivity contribution in [1.82, 2.24) is 0 Å². The Balaban J connectivity index is 3.44. The quantitative estimate of drug-likeness (QED) is 0.606. The standard InChI is InChI=1S/C13H28O2/c1-4-7-9-12(6-3)10-15-11-13(14)8-5-2/h12-14H,4-11H2,1-3H3. The summed E-state index contributed by atoms with van der Waals surface area (Å²) in [5.74, 6) is 0.679. The fourth-order valence-corrected chi connectivity index (χ4v) is 1.69. The van der Waals surface area contributed by atoms with E-state index in [1.54, 1.807) is 0 Å². The van der Waals surface area contributed by atoms with E-state index < -0.39 is 0 Å². The van der Waals surface area contributed by atoms with Crippen LogP contribution < -0.4 is 0 Å². The summed E-state index contributed by atoms with van der Waals surface area (Å²) < 4.78 is 5.55. The molecule has 0 saturated heterocycles. The first kappa shape index (κ1) is 14.9. The highest BCUT2D eigenvalue weighted by molar-refractivity contribution is 4.57. The van der Waals surface area contributed by atoms with E-state index in [4.69, 9.17) is 4.74 Å². The third kappa shape index (κ3) is 8.88. The fraction of sp³-hybridized carbons (Fsp3) is 1.00. The van der Waals surface area contributed by atoms with E-state index in [1.165, 1.54) is 25.7 Å². The van der Waals surface area contributed by atoms with Crippen LogP contribution >= 0.6 is 0 Å². The van der Waals surface area contributed by atoms with Crippen LogP contribution in [0.15, 0.2) is 0 Å². The van der Waals surface area contributed by atoms with Gasteiger partial charge in [0, 0.05) is 6.61 Å². The van der Waals surface area contributed by atoms with Crippen molar-refractivity contribution in [3.63, 3.8) is 0 Å². The molecule has 0 aliphatic rings. The number of ether oxygens (including phenoxy) is 1. The Labute approximate surface area is 95.0 Å². The molecular weight excluding hydrogens is 188 g/mol. The predicted octanol–water partition coefficient (Wildman–Crippen LogP) is 3.38. The number of unbranched alkanes of at least 4 members (excludes halogenated alkanes) is 1. The molecule has 0 fully saturated rings. The largest absolute Gasteiger partial charge is 0.391 e. The van der Waals surface area contributed by atoms with E-state index in [9.17, 15) is 5.11 Å². The molecule has 2 nitrogen and oxygen atoms in total. The maximum atomic E-state index is 9.49. The highest BCUT2D eigenvalue weighted by Crippen LogP contribution is 2.13. The molecule has 0 aliphatic carbocycles. The average molecular weight is 216 g/mol. The van der Waals surface area contributed by atoms with E-state index in [0.717, 1.165) is 19.4 Å². The van der Waals surface area contributed by atoms with Gasteiger partial charge in [0.05, 0.1) is 12.7 Å². The molecule has 0 amide bonds. The number of hydrogen-bond acceptors (Lipinski definition) is 2. The molecule has 0 bridgehead atoms. The van der Waals surface area contributed by atoms with Crippen molar-refractivity contribution in [2.45, 2.75) is 65.4 Å². The first-order chi connectivity index (χ1) is 7.24. The lowest BCUT2D eigenvalue weighted by Crippen LogP contribution is -2.18. The van der Waals surface area contributed by atoms with Gasteiger partial charge in [-0.2, -0.15) is 0 Å². The van der Waals surface area contributed by atoms with Crippen molar-refractivity contribution in [3.05, 3.63) is 0 Å². The van der Waals surface area contributed by atoms with E-state index in [0.29, 0.717) is 12.5 Å². The Kier molecular flexibility index (Phi) is 10.4. The van der Waals surface area contributed by atoms with E-state index in [2.05, 4.69) is 20.8 Å². The first-order valence-electron chi connectivity index (χ1n) is 6.50. The van der Waals surface area contributed by atoms with Crippen molar-refractivity contribution in [1.29, 1.82) is 0 Å². The number of aliphatic hydroxyl groups is 1. The normalized spacial score (nSPS) is 15.2. The van der Waals surface area contributed by atoms with Gasteiger partial charge in [-0.1, -0.05) is 46.5 Å². The van der Waals surface area contributed by atoms with Crippen LogP contribution in [0.4, 0.5) is 0 Å². The topological polar surface area (TPSA) is 29.5 Å². The Morgan fingerprint density at radius 3 is 2.27 bits per heavy atom. The molecule has 0 aliphatic heterocycles. The lowest BCUT2D eigenvalue weighted by atomic mass is 10.0. The Morgan fingerprint density at radius 1 is 1.00 bits per heavy atom. The molecule has 0 saturated carbocycles. The smallest absolute Gasteiger partial charge is 0.0773 e. The summed E-state index contributed by atoms with van der Waals surface area (Å²) >= 11 is 0. The second-order valence-corrected chi connectivity index (χ2v) is 4.40. The third-order valence-electron chi connectivity index (χ3n) is 2.83. The maximum absolute atomic E-state index is 9.49. The molecule has 0 aromatic rings. The maximum Gasteiger partial charge on any atom is 0.0773 e. The van der Waals surface area contributed by atoms with Crippen LogP contribution in [0, 0.1) is 5.92 Å². The summed E-state index contributed by atoms with van der Waals surface area (Å²) in [5, 5.41) is 9.49. The summed E-state index contributed by atoms with van der Waals surface area (Å²) in [5.41, 5.74) is 0. The molecule has 15 heavy (non-hydrogen) atoms. The van der Waals surface area contributed by atoms with Gasteiger partial charge in [0.1, 0.15) is 0 Å². The number of aliphatic hydroxyl groups excluding tert-OH is 1. The molecule has 92 valence electrons. The Morgan fingerprint density at radius 2 is 1.73 bits per heavy atom. The van der Waals surface area contributed by atoms with Gasteiger partial charge in [-0.15, -0.1) is 0 Å². The minimum atomic E-state index is -0.265. The minimum Gasteiger partial charge on any atom is -0.391 e. The summed E-state index contributed by atoms with van der Waals surface area (Å²) in [4.78, 5) is 0. The molecule has 0 heterocycles. The summed E-state index contributed by atoms with van der Waals surface area (Å²) in [6.07, 6.45) is 6.61. The Hall–Kier alpha value is -0.0800. The molecule has 0 spiro atoms. The van der Waals surface area contributed by atoms with Gasteiger partial charge in [-0.3, -0.25) is 0 Å². The van der Waals surface area contributed by atoms with Crippen LogP contribution in [0.25, 0.3) is 0 Å². The zero-order valence-corrected chi connectivity index (χ0v) is 10.7. The van der Waals surface area contributed by atoms with Crippen molar-refractivity contribution >= 4 is 0 Å². The molecule has 0 rings (SSSR count). The van der Waals surface area contributed by atoms with Crippen molar-refractivity contribution in [3.8, 4) is 0 Å². The van der Waals surface area contributed by atoms with Gasteiger partial charge in [-0.05, 0) is 18.8 Å². The lowest BCUT2D eigenvalue weighted by Gasteiger charge is -2.16. The van der Waals surface area contributed by atoms with E-state index in [-0.39, 0.29) is 6.10 Å². The zero-order valence-electron chi connectivity index (χ0n) is 10.7. The van der Waals surface area contributed by atoms with E-state index >= 15 is 0 Å². The molecule has 2 heteroatoms. The van der Waals surface area contributed by atoms with Crippen molar-refractivity contribution in [2.24, 2.45) is 5.92 Å². The van der Waals surface area contributed by atoms with Gasteiger partial charge in [0.2, 0.25) is 0 Å². The van der Waals surface area contributed by atoms with Gasteiger partial charge >= 0.3 is 0 Å². The zero-order chi connectivity index (χ0) is 11.5. The first-order valence-corrected chi connectivity index (χ1v) is 6.50. The van der Waals surface area contributed by atoms with Crippen LogP contribution in [0.2, 0.25) is 0 Å². The highest BCUT2D eigenvalue weighted by atomic mass is 16.5. The van der Waals surface area contributed by atoms with Crippen LogP contribution in [0.1, 0.15) is 59.3 Å². The van der Waals surface area contributed by atoms with Gasteiger partial charge in [-0.25, -0.2) is 0 Å². The molecule has 2 atom stereocenters. The number of rotatable bonds is 10. The van der Waals surface area contributed by atoms with Gasteiger partial charge in [0.25, 0.3) is 0 Å². The van der Waals surface area contributed by atoms with Crippen LogP contribution in [0.3, 0.4) is 0 Å². The highest BCUT2D eigenvalue weighted by Gasteiger charge is 2.08. The van der Waals surface area contributed by atoms with E-state index in [1.807, 2.05) is 0 Å². The molecule has 0 radical (unpaired) electrons. The van der Waals surface area contributed by atoms with Crippen LogP contribution in [-0.4, -0.2) is 24.4 Å². The third-order valence-corrected chi connectivity index (χ3v) is 2.83. The van der Waals surface area contributed by atoms with Gasteiger partial charge in [0.15, 0.2) is 0 Å². The second kappa shape index (κ2) is 10.4. The van der Waals surface area contributed by atoms with Crippen molar-refractivity contribution in [2.75, 3.05) is 13.2 Å². The summed E-state index contributed by atoms with van der Waals surface area (Å²) in [6, 6.07) is 0.